The first kappa shape index (κ1) is 16.6. The van der Waals surface area contributed by atoms with Crippen molar-refractivity contribution >= 4 is 10.1 Å². The largest absolute Gasteiger partial charge is 0.387 e. The van der Waals surface area contributed by atoms with Crippen LogP contribution in [-0.4, -0.2) is 44.2 Å². The van der Waals surface area contributed by atoms with Gasteiger partial charge in [0.05, 0.1) is 12.4 Å². The minimum absolute atomic E-state index is 0.0562. The van der Waals surface area contributed by atoms with Gasteiger partial charge in [-0.1, -0.05) is 25.5 Å². The van der Waals surface area contributed by atoms with Crippen molar-refractivity contribution in [2.45, 2.75) is 64.4 Å². The molecule has 0 aliphatic heterocycles. The van der Waals surface area contributed by atoms with E-state index in [1.54, 1.807) is 0 Å². The second-order valence-electron chi connectivity index (χ2n) is 5.09. The number of aliphatic hydroxyl groups is 1. The molecule has 0 aromatic heterocycles. The first-order valence-electron chi connectivity index (χ1n) is 6.65. The quantitative estimate of drug-likeness (QED) is 0.595. The van der Waals surface area contributed by atoms with E-state index in [0.717, 1.165) is 24.7 Å². The van der Waals surface area contributed by atoms with E-state index < -0.39 is 28.4 Å². The summed E-state index contributed by atoms with van der Waals surface area (Å²) in [5, 5.41) is 10.2. The van der Waals surface area contributed by atoms with Crippen LogP contribution in [0.25, 0.3) is 0 Å². The highest BCUT2D eigenvalue weighted by Gasteiger charge is 2.35. The summed E-state index contributed by atoms with van der Waals surface area (Å²) in [6.07, 6.45) is 2.77. The molecule has 0 fully saturated rings. The van der Waals surface area contributed by atoms with Gasteiger partial charge in [-0.15, -0.1) is 0 Å². The molecule has 1 rings (SSSR count). The van der Waals surface area contributed by atoms with Crippen molar-refractivity contribution in [1.82, 2.24) is 0 Å². The summed E-state index contributed by atoms with van der Waals surface area (Å²) in [5.41, 5.74) is 0.968. The Morgan fingerprint density at radius 1 is 1.42 bits per heavy atom. The zero-order chi connectivity index (χ0) is 14.6. The Morgan fingerprint density at radius 3 is 2.47 bits per heavy atom. The molecule has 0 heterocycles. The Balaban J connectivity index is 2.79. The molecule has 1 aliphatic carbocycles. The number of rotatable bonds is 6. The molecule has 0 unspecified atom stereocenters. The van der Waals surface area contributed by atoms with E-state index in [2.05, 4.69) is 0 Å². The van der Waals surface area contributed by atoms with Crippen LogP contribution in [0.3, 0.4) is 0 Å². The van der Waals surface area contributed by atoms with Gasteiger partial charge in [0, 0.05) is 0 Å². The highest BCUT2D eigenvalue weighted by molar-refractivity contribution is 7.86. The predicted molar refractivity (Wildman–Crippen MR) is 73.3 cm³/mol. The summed E-state index contributed by atoms with van der Waals surface area (Å²) < 4.78 is 33.2. The van der Waals surface area contributed by atoms with E-state index >= 15 is 0 Å². The van der Waals surface area contributed by atoms with E-state index in [1.165, 1.54) is 0 Å². The van der Waals surface area contributed by atoms with Crippen LogP contribution in [0.4, 0.5) is 0 Å². The van der Waals surface area contributed by atoms with Crippen molar-refractivity contribution in [2.75, 3.05) is 6.26 Å². The van der Waals surface area contributed by atoms with E-state index in [4.69, 9.17) is 8.92 Å². The third kappa shape index (κ3) is 5.22. The number of aliphatic hydroxyl groups excluding tert-OH is 1. The van der Waals surface area contributed by atoms with Gasteiger partial charge in [0.25, 0.3) is 10.1 Å². The molecule has 3 atom stereocenters. The average Bonchev–Trinajstić information content (AvgIpc) is 2.29. The van der Waals surface area contributed by atoms with Gasteiger partial charge in [-0.25, -0.2) is 0 Å². The van der Waals surface area contributed by atoms with Crippen LogP contribution in [0.5, 0.6) is 0 Å². The zero-order valence-electron chi connectivity index (χ0n) is 12.0. The predicted octanol–water partition coefficient (Wildman–Crippen LogP) is 1.62. The monoisotopic (exact) mass is 292 g/mol. The molecule has 0 spiro atoms. The van der Waals surface area contributed by atoms with Crippen molar-refractivity contribution in [3.8, 4) is 0 Å². The fourth-order valence-corrected chi connectivity index (χ4v) is 2.87. The third-order valence-corrected chi connectivity index (χ3v) is 3.84. The van der Waals surface area contributed by atoms with Gasteiger partial charge in [-0.05, 0) is 26.2 Å². The van der Waals surface area contributed by atoms with E-state index in [0.29, 0.717) is 6.42 Å². The van der Waals surface area contributed by atoms with Gasteiger partial charge < -0.3 is 9.84 Å². The minimum Gasteiger partial charge on any atom is -0.387 e. The topological polar surface area (TPSA) is 72.8 Å². The van der Waals surface area contributed by atoms with Crippen molar-refractivity contribution in [3.63, 3.8) is 0 Å². The Bertz CT molecular complexity index is 411. The maximum atomic E-state index is 11.2. The molecule has 6 heteroatoms. The average molecular weight is 292 g/mol. The molecule has 0 saturated heterocycles. The van der Waals surface area contributed by atoms with Crippen LogP contribution in [-0.2, 0) is 19.0 Å². The Kier molecular flexibility index (Phi) is 5.98. The van der Waals surface area contributed by atoms with Crippen LogP contribution in [0.15, 0.2) is 11.6 Å². The number of hydrogen-bond donors (Lipinski definition) is 1. The molecule has 1 N–H and O–H groups in total. The first-order chi connectivity index (χ1) is 8.76. The van der Waals surface area contributed by atoms with E-state index in [9.17, 15) is 13.5 Å². The highest BCUT2D eigenvalue weighted by atomic mass is 32.2. The standard InChI is InChI=1S/C13H24O5S/c1-5-10(6-2)17-11-7-9(3)8-12(13(11)14)18-19(4,15)16/h7,10-14H,5-6,8H2,1-4H3/t11-,12-,13-/m1/s1. The highest BCUT2D eigenvalue weighted by Crippen LogP contribution is 2.26. The normalized spacial score (nSPS) is 28.5. The second-order valence-corrected chi connectivity index (χ2v) is 6.69. The molecule has 0 amide bonds. The summed E-state index contributed by atoms with van der Waals surface area (Å²) in [6, 6.07) is 0. The molecule has 0 saturated carbocycles. The fourth-order valence-electron chi connectivity index (χ4n) is 2.24. The van der Waals surface area contributed by atoms with Crippen LogP contribution in [0.2, 0.25) is 0 Å². The van der Waals surface area contributed by atoms with Gasteiger partial charge in [-0.3, -0.25) is 4.18 Å². The molecule has 112 valence electrons. The lowest BCUT2D eigenvalue weighted by atomic mass is 9.93. The zero-order valence-corrected chi connectivity index (χ0v) is 12.8. The summed E-state index contributed by atoms with van der Waals surface area (Å²) in [7, 11) is -3.59. The lowest BCUT2D eigenvalue weighted by molar-refractivity contribution is -0.0939. The van der Waals surface area contributed by atoms with Crippen LogP contribution >= 0.6 is 0 Å². The Hall–Kier alpha value is -0.430. The molecular formula is C13H24O5S. The van der Waals surface area contributed by atoms with Crippen LogP contribution in [0.1, 0.15) is 40.0 Å². The molecular weight excluding hydrogens is 268 g/mol. The molecule has 5 nitrogen and oxygen atoms in total. The maximum Gasteiger partial charge on any atom is 0.264 e. The lowest BCUT2D eigenvalue weighted by Crippen LogP contribution is -2.44. The van der Waals surface area contributed by atoms with Gasteiger partial charge in [0.2, 0.25) is 0 Å². The summed E-state index contributed by atoms with van der Waals surface area (Å²) in [5.74, 6) is 0. The third-order valence-electron chi connectivity index (χ3n) is 3.25. The first-order valence-corrected chi connectivity index (χ1v) is 8.47. The van der Waals surface area contributed by atoms with Crippen molar-refractivity contribution < 1.29 is 22.4 Å². The molecule has 1 aliphatic rings. The lowest BCUT2D eigenvalue weighted by Gasteiger charge is -2.34. The van der Waals surface area contributed by atoms with Crippen LogP contribution in [0, 0.1) is 0 Å². The summed E-state index contributed by atoms with van der Waals surface area (Å²) in [6.45, 7) is 5.92. The van der Waals surface area contributed by atoms with Crippen molar-refractivity contribution in [2.24, 2.45) is 0 Å². The fraction of sp³-hybridized carbons (Fsp3) is 0.846. The Labute approximate surface area is 115 Å². The smallest absolute Gasteiger partial charge is 0.264 e. The summed E-state index contributed by atoms with van der Waals surface area (Å²) in [4.78, 5) is 0. The molecule has 0 radical (unpaired) electrons. The van der Waals surface area contributed by atoms with Gasteiger partial charge in [0.1, 0.15) is 18.3 Å². The number of hydrogen-bond acceptors (Lipinski definition) is 5. The second kappa shape index (κ2) is 6.83. The van der Waals surface area contributed by atoms with Gasteiger partial charge in [0.15, 0.2) is 0 Å². The number of ether oxygens (including phenoxy) is 1. The van der Waals surface area contributed by atoms with E-state index in [-0.39, 0.29) is 6.10 Å². The van der Waals surface area contributed by atoms with Crippen molar-refractivity contribution in [1.29, 1.82) is 0 Å². The SMILES string of the molecule is CCC(CC)O[C@@H]1C=C(C)C[C@@H](OS(C)(=O)=O)[C@@H]1O. The van der Waals surface area contributed by atoms with Crippen molar-refractivity contribution in [3.05, 3.63) is 11.6 Å². The van der Waals surface area contributed by atoms with Crippen LogP contribution < -0.4 is 0 Å². The Morgan fingerprint density at radius 2 is 2.00 bits per heavy atom. The van der Waals surface area contributed by atoms with Gasteiger partial charge >= 0.3 is 0 Å². The molecule has 0 bridgehead atoms. The summed E-state index contributed by atoms with van der Waals surface area (Å²) >= 11 is 0. The van der Waals surface area contributed by atoms with E-state index in [1.807, 2.05) is 26.8 Å². The molecule has 0 aromatic carbocycles. The minimum atomic E-state index is -3.59. The molecule has 0 aromatic rings. The van der Waals surface area contributed by atoms with Gasteiger partial charge in [-0.2, -0.15) is 8.42 Å². The maximum absolute atomic E-state index is 11.2. The molecule has 19 heavy (non-hydrogen) atoms.